The van der Waals surface area contributed by atoms with E-state index in [9.17, 15) is 18.5 Å². The third-order valence-electron chi connectivity index (χ3n) is 3.47. The number of carbonyl (C=O) groups is 1. The molecule has 4 nitrogen and oxygen atoms in total. The Balaban J connectivity index is 2.33. The minimum atomic E-state index is -2.74. The number of benzene rings is 1. The Hall–Kier alpha value is -2.18. The Morgan fingerprint density at radius 1 is 1.41 bits per heavy atom. The molecule has 0 aliphatic carbocycles. The molecule has 0 saturated carbocycles. The van der Waals surface area contributed by atoms with Crippen LogP contribution in [0.25, 0.3) is 6.08 Å². The Morgan fingerprint density at radius 3 is 2.77 bits per heavy atom. The first-order valence-electron chi connectivity index (χ1n) is 7.14. The van der Waals surface area contributed by atoms with Crippen LogP contribution >= 0.6 is 0 Å². The van der Waals surface area contributed by atoms with E-state index in [1.807, 2.05) is 6.92 Å². The molecule has 1 aromatic carbocycles. The molecule has 0 bridgehead atoms. The molecule has 7 heteroatoms. The van der Waals surface area contributed by atoms with E-state index in [1.165, 1.54) is 18.2 Å². The van der Waals surface area contributed by atoms with E-state index in [4.69, 9.17) is 0 Å². The number of halogens is 2. The fourth-order valence-corrected chi connectivity index (χ4v) is 2.27. The first-order valence-corrected chi connectivity index (χ1v) is 7.14. The topological polar surface area (TPSA) is 52.9 Å². The van der Waals surface area contributed by atoms with Gasteiger partial charge in [0.2, 0.25) is 0 Å². The highest BCUT2D eigenvalue weighted by atomic mass is 19.2. The van der Waals surface area contributed by atoms with Gasteiger partial charge in [0.15, 0.2) is 0 Å². The van der Waals surface area contributed by atoms with Crippen LogP contribution in [-0.2, 0) is 4.79 Å². The minimum absolute atomic E-state index is 0.140. The van der Waals surface area contributed by atoms with E-state index in [0.29, 0.717) is 12.4 Å². The normalized spacial score (nSPS) is 16.4. The van der Waals surface area contributed by atoms with Crippen molar-refractivity contribution in [1.82, 2.24) is 4.90 Å². The molecule has 22 heavy (non-hydrogen) atoms. The van der Waals surface area contributed by atoms with Crippen LogP contribution in [0.2, 0.25) is 0 Å². The van der Waals surface area contributed by atoms with Crippen molar-refractivity contribution in [2.45, 2.75) is 26.7 Å². The molecular weight excluding hydrogens is 289 g/mol. The van der Waals surface area contributed by atoms with Crippen molar-refractivity contribution in [3.63, 3.8) is 0 Å². The SMILES string of the molecule is CCCCN1C(=O)/C(=C/c2ccc(O)cc2B(F)F)N=C1C. The molecule has 0 fully saturated rings. The van der Waals surface area contributed by atoms with Gasteiger partial charge in [-0.05, 0) is 37.1 Å². The second-order valence-corrected chi connectivity index (χ2v) is 5.11. The van der Waals surface area contributed by atoms with Crippen LogP contribution in [0, 0.1) is 0 Å². The summed E-state index contributed by atoms with van der Waals surface area (Å²) in [6, 6.07) is 3.67. The molecule has 1 aliphatic heterocycles. The minimum Gasteiger partial charge on any atom is -0.508 e. The van der Waals surface area contributed by atoms with Crippen molar-refractivity contribution in [2.75, 3.05) is 6.54 Å². The molecule has 0 aromatic heterocycles. The van der Waals surface area contributed by atoms with Gasteiger partial charge in [-0.25, -0.2) is 4.99 Å². The first-order chi connectivity index (χ1) is 10.4. The van der Waals surface area contributed by atoms with E-state index >= 15 is 0 Å². The van der Waals surface area contributed by atoms with Crippen molar-refractivity contribution in [3.05, 3.63) is 29.5 Å². The van der Waals surface area contributed by atoms with Crippen LogP contribution in [0.15, 0.2) is 28.9 Å². The summed E-state index contributed by atoms with van der Waals surface area (Å²) in [4.78, 5) is 18.0. The number of nitrogens with zero attached hydrogens (tertiary/aromatic N) is 2. The molecule has 116 valence electrons. The summed E-state index contributed by atoms with van der Waals surface area (Å²) in [6.45, 7) is 4.31. The van der Waals surface area contributed by atoms with Gasteiger partial charge in [0.25, 0.3) is 5.91 Å². The fourth-order valence-electron chi connectivity index (χ4n) is 2.27. The lowest BCUT2D eigenvalue weighted by atomic mass is 9.81. The van der Waals surface area contributed by atoms with Gasteiger partial charge in [-0.1, -0.05) is 19.4 Å². The zero-order valence-corrected chi connectivity index (χ0v) is 12.5. The maximum atomic E-state index is 13.0. The Kier molecular flexibility index (Phi) is 4.95. The number of amidine groups is 1. The van der Waals surface area contributed by atoms with Gasteiger partial charge in [-0.3, -0.25) is 18.3 Å². The number of phenols is 1. The van der Waals surface area contributed by atoms with Gasteiger partial charge in [0.05, 0.1) is 0 Å². The molecular formula is C15H17BF2N2O2. The summed E-state index contributed by atoms with van der Waals surface area (Å²) in [5, 5.41) is 9.32. The van der Waals surface area contributed by atoms with Gasteiger partial charge in [0.1, 0.15) is 17.3 Å². The Morgan fingerprint density at radius 2 is 2.14 bits per heavy atom. The van der Waals surface area contributed by atoms with Gasteiger partial charge in [0, 0.05) is 12.0 Å². The number of hydrogen-bond donors (Lipinski definition) is 1. The van der Waals surface area contributed by atoms with Crippen molar-refractivity contribution in [2.24, 2.45) is 4.99 Å². The van der Waals surface area contributed by atoms with Crippen LogP contribution in [0.4, 0.5) is 8.63 Å². The molecule has 1 amide bonds. The summed E-state index contributed by atoms with van der Waals surface area (Å²) in [6.07, 6.45) is 3.15. The Bertz CT molecular complexity index is 644. The molecule has 0 spiro atoms. The summed E-state index contributed by atoms with van der Waals surface area (Å²) < 4.78 is 26.1. The number of aromatic hydroxyl groups is 1. The molecule has 2 rings (SSSR count). The van der Waals surface area contributed by atoms with E-state index in [1.54, 1.807) is 11.8 Å². The predicted octanol–water partition coefficient (Wildman–Crippen LogP) is 2.43. The molecule has 1 aromatic rings. The largest absolute Gasteiger partial charge is 0.572 e. The van der Waals surface area contributed by atoms with Crippen LogP contribution in [0.1, 0.15) is 32.3 Å². The standard InChI is InChI=1S/C15H17BF2N2O2/c1-3-4-7-20-10(2)19-14(15(20)22)8-11-5-6-12(21)9-13(11)16(17)18/h5-6,8-9,21H,3-4,7H2,1-2H3/b14-8-. The molecule has 0 saturated heterocycles. The summed E-state index contributed by atoms with van der Waals surface area (Å²) >= 11 is 0. The van der Waals surface area contributed by atoms with Gasteiger partial charge >= 0.3 is 7.27 Å². The van der Waals surface area contributed by atoms with E-state index in [2.05, 4.69) is 4.99 Å². The maximum absolute atomic E-state index is 13.0. The lowest BCUT2D eigenvalue weighted by Crippen LogP contribution is -2.31. The molecule has 0 unspecified atom stereocenters. The fraction of sp³-hybridized carbons (Fsp3) is 0.333. The van der Waals surface area contributed by atoms with Crippen LogP contribution in [0.3, 0.4) is 0 Å². The van der Waals surface area contributed by atoms with Crippen LogP contribution in [0.5, 0.6) is 5.75 Å². The monoisotopic (exact) mass is 306 g/mol. The van der Waals surface area contributed by atoms with E-state index < -0.39 is 7.27 Å². The quantitative estimate of drug-likeness (QED) is 0.671. The number of unbranched alkanes of at least 4 members (excludes halogenated alkanes) is 1. The number of rotatable bonds is 5. The van der Waals surface area contributed by atoms with E-state index in [-0.39, 0.29) is 28.4 Å². The second-order valence-electron chi connectivity index (χ2n) is 5.11. The second kappa shape index (κ2) is 6.72. The highest BCUT2D eigenvalue weighted by molar-refractivity contribution is 6.61. The average Bonchev–Trinajstić information content (AvgIpc) is 2.73. The highest BCUT2D eigenvalue weighted by Gasteiger charge is 2.28. The van der Waals surface area contributed by atoms with Crippen LogP contribution in [-0.4, -0.2) is 35.6 Å². The number of carbonyl (C=O) groups excluding carboxylic acids is 1. The van der Waals surface area contributed by atoms with E-state index in [0.717, 1.165) is 18.9 Å². The number of hydrogen-bond acceptors (Lipinski definition) is 3. The number of aliphatic imine (C=N–C) groups is 1. The summed E-state index contributed by atoms with van der Waals surface area (Å²) in [5.74, 6) is 0.0563. The zero-order valence-electron chi connectivity index (χ0n) is 12.5. The third kappa shape index (κ3) is 3.35. The summed E-state index contributed by atoms with van der Waals surface area (Å²) in [7, 11) is -2.74. The first kappa shape index (κ1) is 16.2. The molecule has 1 N–H and O–H groups in total. The van der Waals surface area contributed by atoms with Crippen molar-refractivity contribution in [3.8, 4) is 5.75 Å². The smallest absolute Gasteiger partial charge is 0.508 e. The maximum Gasteiger partial charge on any atom is 0.572 e. The van der Waals surface area contributed by atoms with Crippen molar-refractivity contribution < 1.29 is 18.5 Å². The lowest BCUT2D eigenvalue weighted by molar-refractivity contribution is -0.122. The lowest BCUT2D eigenvalue weighted by Gasteiger charge is -2.14. The van der Waals surface area contributed by atoms with Gasteiger partial charge in [-0.15, -0.1) is 0 Å². The molecule has 1 aliphatic rings. The Labute approximate surface area is 128 Å². The highest BCUT2D eigenvalue weighted by Crippen LogP contribution is 2.20. The van der Waals surface area contributed by atoms with Crippen molar-refractivity contribution in [1.29, 1.82) is 0 Å². The predicted molar refractivity (Wildman–Crippen MR) is 83.4 cm³/mol. The number of phenolic OH excluding ortho intramolecular Hbond substituents is 1. The molecule has 0 radical (unpaired) electrons. The zero-order chi connectivity index (χ0) is 16.3. The number of amides is 1. The van der Waals surface area contributed by atoms with Gasteiger partial charge in [-0.2, -0.15) is 0 Å². The van der Waals surface area contributed by atoms with Crippen molar-refractivity contribution >= 4 is 30.5 Å². The average molecular weight is 306 g/mol. The van der Waals surface area contributed by atoms with Crippen LogP contribution < -0.4 is 5.46 Å². The molecule has 1 heterocycles. The summed E-state index contributed by atoms with van der Waals surface area (Å²) in [5.41, 5.74) is 0.00592. The van der Waals surface area contributed by atoms with Gasteiger partial charge < -0.3 is 5.11 Å². The third-order valence-corrected chi connectivity index (χ3v) is 3.47. The molecule has 0 atom stereocenters.